The number of hydrogen-bond donors (Lipinski definition) is 0. The number of hydrogen-bond acceptors (Lipinski definition) is 10. The monoisotopic (exact) mass is 341 g/mol. The SMILES string of the molecule is CC(=O)[O-].CC(=O)[O-].CC(=O)[O-].O=C([O-])c1ccc(C(=O)[O-])cc1. The van der Waals surface area contributed by atoms with Crippen molar-refractivity contribution < 1.29 is 49.5 Å². The van der Waals surface area contributed by atoms with Crippen molar-refractivity contribution in [2.24, 2.45) is 0 Å². The highest BCUT2D eigenvalue weighted by atomic mass is 16.4. The van der Waals surface area contributed by atoms with Crippen LogP contribution in [0.15, 0.2) is 24.3 Å². The van der Waals surface area contributed by atoms with E-state index < -0.39 is 29.8 Å². The zero-order valence-electron chi connectivity index (χ0n) is 12.9. The number of carbonyl (C=O) groups is 5. The Bertz CT molecular complexity index is 486. The molecule has 1 aromatic carbocycles. The quantitative estimate of drug-likeness (QED) is 0.500. The Morgan fingerprint density at radius 3 is 0.750 bits per heavy atom. The summed E-state index contributed by atoms with van der Waals surface area (Å²) in [6, 6.07) is 4.61. The molecule has 10 heteroatoms. The van der Waals surface area contributed by atoms with Crippen LogP contribution in [0.1, 0.15) is 41.5 Å². The maximum atomic E-state index is 10.2. The average Bonchev–Trinajstić information content (AvgIpc) is 2.36. The molecule has 0 N–H and O–H groups in total. The Balaban J connectivity index is -0.000000304. The summed E-state index contributed by atoms with van der Waals surface area (Å²) in [6.45, 7) is 2.92. The van der Waals surface area contributed by atoms with Crippen LogP contribution in [0.2, 0.25) is 0 Å². The van der Waals surface area contributed by atoms with Crippen molar-refractivity contribution in [2.75, 3.05) is 0 Å². The third-order valence-corrected chi connectivity index (χ3v) is 1.36. The molecule has 0 aromatic heterocycles. The Hall–Kier alpha value is -3.43. The fraction of sp³-hybridized carbons (Fsp3) is 0.214. The van der Waals surface area contributed by atoms with E-state index in [1.54, 1.807) is 0 Å². The molecule has 1 aromatic rings. The van der Waals surface area contributed by atoms with E-state index >= 15 is 0 Å². The molecule has 0 aliphatic heterocycles. The van der Waals surface area contributed by atoms with E-state index in [9.17, 15) is 19.8 Å². The molecular weight excluding hydrogens is 328 g/mol. The van der Waals surface area contributed by atoms with Gasteiger partial charge in [0.1, 0.15) is 0 Å². The van der Waals surface area contributed by atoms with E-state index in [2.05, 4.69) is 0 Å². The minimum Gasteiger partial charge on any atom is -0.550 e. The highest BCUT2D eigenvalue weighted by Gasteiger charge is 1.94. The number of carboxylic acids is 5. The lowest BCUT2D eigenvalue weighted by atomic mass is 10.1. The fourth-order valence-electron chi connectivity index (χ4n) is 0.742. The molecule has 0 radical (unpaired) electrons. The second-order valence-corrected chi connectivity index (χ2v) is 3.63. The van der Waals surface area contributed by atoms with Gasteiger partial charge in [-0.15, -0.1) is 0 Å². The third kappa shape index (κ3) is 27.0. The molecule has 0 heterocycles. The first kappa shape index (κ1) is 25.5. The Labute approximate surface area is 136 Å². The van der Waals surface area contributed by atoms with E-state index in [4.69, 9.17) is 29.7 Å². The normalized spacial score (nSPS) is 7.79. The number of carbonyl (C=O) groups excluding carboxylic acids is 5. The molecule has 0 amide bonds. The predicted octanol–water partition coefficient (Wildman–Crippen LogP) is -5.32. The van der Waals surface area contributed by atoms with E-state index in [0.717, 1.165) is 45.0 Å². The predicted molar refractivity (Wildman–Crippen MR) is 67.1 cm³/mol. The lowest BCUT2D eigenvalue weighted by Crippen LogP contribution is -2.24. The van der Waals surface area contributed by atoms with Crippen LogP contribution in [0.25, 0.3) is 0 Å². The van der Waals surface area contributed by atoms with Crippen molar-refractivity contribution in [2.45, 2.75) is 20.8 Å². The summed E-state index contributed by atoms with van der Waals surface area (Å²) in [5.41, 5.74) is -0.111. The van der Waals surface area contributed by atoms with Crippen molar-refractivity contribution in [1.29, 1.82) is 0 Å². The summed E-state index contributed by atoms with van der Waals surface area (Å²) in [4.78, 5) is 47.1. The third-order valence-electron chi connectivity index (χ3n) is 1.36. The highest BCUT2D eigenvalue weighted by molar-refractivity contribution is 5.89. The zero-order chi connectivity index (χ0) is 19.9. The van der Waals surface area contributed by atoms with E-state index in [1.807, 2.05) is 0 Å². The van der Waals surface area contributed by atoms with Gasteiger partial charge in [0.2, 0.25) is 0 Å². The minimum absolute atomic E-state index is 0.0556. The maximum Gasteiger partial charge on any atom is 0.0715 e. The summed E-state index contributed by atoms with van der Waals surface area (Å²) in [5, 5.41) is 47.1. The van der Waals surface area contributed by atoms with Crippen LogP contribution in [-0.4, -0.2) is 29.8 Å². The van der Waals surface area contributed by atoms with Crippen molar-refractivity contribution in [3.8, 4) is 0 Å². The largest absolute Gasteiger partial charge is 0.550 e. The lowest BCUT2D eigenvalue weighted by molar-refractivity contribution is -0.303. The summed E-state index contributed by atoms with van der Waals surface area (Å²) in [5.74, 6) is -5.92. The smallest absolute Gasteiger partial charge is 0.0715 e. The average molecular weight is 341 g/mol. The van der Waals surface area contributed by atoms with E-state index in [0.29, 0.717) is 0 Å². The van der Waals surface area contributed by atoms with Gasteiger partial charge in [-0.05, 0) is 31.9 Å². The summed E-state index contributed by atoms with van der Waals surface area (Å²) >= 11 is 0. The van der Waals surface area contributed by atoms with Crippen molar-refractivity contribution >= 4 is 29.8 Å². The van der Waals surface area contributed by atoms with Crippen molar-refractivity contribution in [1.82, 2.24) is 0 Å². The summed E-state index contributed by atoms with van der Waals surface area (Å²) in [7, 11) is 0. The standard InChI is InChI=1S/C8H6O4.3C2H4O2/c9-7(10)5-1-2-6(4-3-5)8(11)12;3*1-2(3)4/h1-4H,(H,9,10)(H,11,12);3*1H3,(H,3,4)/p-5. The maximum absolute atomic E-state index is 10.2. The van der Waals surface area contributed by atoms with Crippen molar-refractivity contribution in [3.63, 3.8) is 0 Å². The van der Waals surface area contributed by atoms with Gasteiger partial charge in [-0.2, -0.15) is 0 Å². The number of rotatable bonds is 2. The lowest BCUT2D eigenvalue weighted by Gasteiger charge is -2.04. The second kappa shape index (κ2) is 14.5. The molecule has 0 saturated carbocycles. The van der Waals surface area contributed by atoms with Crippen LogP contribution in [0.4, 0.5) is 0 Å². The molecule has 0 bridgehead atoms. The Kier molecular flexibility index (Phi) is 15.4. The molecule has 10 nitrogen and oxygen atoms in total. The highest BCUT2D eigenvalue weighted by Crippen LogP contribution is 2.01. The molecule has 0 aliphatic rings. The van der Waals surface area contributed by atoms with Gasteiger partial charge in [0.15, 0.2) is 0 Å². The Morgan fingerprint density at radius 2 is 0.667 bits per heavy atom. The molecule has 0 aliphatic carbocycles. The van der Waals surface area contributed by atoms with Crippen LogP contribution in [0.5, 0.6) is 0 Å². The van der Waals surface area contributed by atoms with E-state index in [1.165, 1.54) is 0 Å². The number of aromatic carboxylic acids is 2. The van der Waals surface area contributed by atoms with Crippen molar-refractivity contribution in [3.05, 3.63) is 35.4 Å². The first-order chi connectivity index (χ1) is 10.8. The van der Waals surface area contributed by atoms with Crippen LogP contribution in [0, 0.1) is 0 Å². The Morgan fingerprint density at radius 1 is 0.542 bits per heavy atom. The van der Waals surface area contributed by atoms with Gasteiger partial charge in [0.05, 0.1) is 11.9 Å². The zero-order valence-corrected chi connectivity index (χ0v) is 12.9. The van der Waals surface area contributed by atoms with Crippen LogP contribution in [-0.2, 0) is 14.4 Å². The van der Waals surface area contributed by atoms with Gasteiger partial charge >= 0.3 is 0 Å². The van der Waals surface area contributed by atoms with Crippen LogP contribution >= 0.6 is 0 Å². The summed E-state index contributed by atoms with van der Waals surface area (Å²) < 4.78 is 0. The molecule has 0 saturated heterocycles. The van der Waals surface area contributed by atoms with Gasteiger partial charge in [0.25, 0.3) is 0 Å². The number of aliphatic carboxylic acids is 3. The molecule has 0 spiro atoms. The molecule has 0 atom stereocenters. The van der Waals surface area contributed by atoms with Gasteiger partial charge < -0.3 is 49.5 Å². The molecule has 0 unspecified atom stereocenters. The molecule has 24 heavy (non-hydrogen) atoms. The number of carboxylic acid groups (broad SMARTS) is 5. The molecule has 0 fully saturated rings. The van der Waals surface area contributed by atoms with Gasteiger partial charge in [-0.1, -0.05) is 24.3 Å². The first-order valence-corrected chi connectivity index (χ1v) is 5.86. The topological polar surface area (TPSA) is 201 Å². The molecular formula is C14H13O10-5. The van der Waals surface area contributed by atoms with E-state index in [-0.39, 0.29) is 11.1 Å². The summed E-state index contributed by atoms with van der Waals surface area (Å²) in [6.07, 6.45) is 0. The van der Waals surface area contributed by atoms with Gasteiger partial charge in [-0.25, -0.2) is 0 Å². The molecule has 1 rings (SSSR count). The van der Waals surface area contributed by atoms with Crippen LogP contribution in [0.3, 0.4) is 0 Å². The minimum atomic E-state index is -1.33. The van der Waals surface area contributed by atoms with Gasteiger partial charge in [-0.3, -0.25) is 0 Å². The van der Waals surface area contributed by atoms with Crippen LogP contribution < -0.4 is 25.5 Å². The number of benzene rings is 1. The fourth-order valence-corrected chi connectivity index (χ4v) is 0.742. The van der Waals surface area contributed by atoms with Gasteiger partial charge in [0, 0.05) is 17.9 Å². The first-order valence-electron chi connectivity index (χ1n) is 5.86. The second-order valence-electron chi connectivity index (χ2n) is 3.63. The molecule has 134 valence electrons.